The molecule has 2 saturated carbocycles. The molecule has 3 unspecified atom stereocenters. The molecule has 3 atom stereocenters. The molecule has 2 fully saturated rings. The van der Waals surface area contributed by atoms with Gasteiger partial charge in [0, 0.05) is 40.0 Å². The molecule has 0 N–H and O–H groups in total. The zero-order chi connectivity index (χ0) is 19.0. The van der Waals surface area contributed by atoms with Gasteiger partial charge in [0.1, 0.15) is 5.76 Å². The fourth-order valence-corrected chi connectivity index (χ4v) is 4.60. The first-order chi connectivity index (χ1) is 13.0. The van der Waals surface area contributed by atoms with E-state index >= 15 is 0 Å². The van der Waals surface area contributed by atoms with E-state index < -0.39 is 0 Å². The van der Waals surface area contributed by atoms with Crippen LogP contribution in [0.2, 0.25) is 0 Å². The molecule has 0 spiro atoms. The van der Waals surface area contributed by atoms with Crippen LogP contribution in [0, 0.1) is 17.8 Å². The highest BCUT2D eigenvalue weighted by Crippen LogP contribution is 2.56. The molecule has 4 rings (SSSR count). The van der Waals surface area contributed by atoms with Gasteiger partial charge in [-0.05, 0) is 43.4 Å². The Hall–Kier alpha value is -1.89. The second-order valence-corrected chi connectivity index (χ2v) is 8.33. The number of aromatic nitrogens is 1. The monoisotopic (exact) mass is 375 g/mol. The zero-order valence-corrected chi connectivity index (χ0v) is 16.3. The van der Waals surface area contributed by atoms with Crippen LogP contribution in [-0.2, 0) is 22.6 Å². The molecule has 1 aliphatic heterocycles. The normalized spacial score (nSPS) is 25.6. The number of nitrogens with zero attached hydrogens (tertiary/aromatic N) is 3. The fraction of sp³-hybridized carbons (Fsp3) is 0.750. The van der Waals surface area contributed by atoms with E-state index in [4.69, 9.17) is 9.26 Å². The van der Waals surface area contributed by atoms with Crippen molar-refractivity contribution in [3.8, 4) is 0 Å². The van der Waals surface area contributed by atoms with Crippen LogP contribution in [0.25, 0.3) is 0 Å². The molecule has 2 amide bonds. The van der Waals surface area contributed by atoms with Gasteiger partial charge in [-0.2, -0.15) is 0 Å². The Bertz CT molecular complexity index is 716. The van der Waals surface area contributed by atoms with Crippen molar-refractivity contribution in [1.82, 2.24) is 15.0 Å². The average molecular weight is 375 g/mol. The molecule has 7 nitrogen and oxygen atoms in total. The van der Waals surface area contributed by atoms with E-state index in [9.17, 15) is 9.59 Å². The van der Waals surface area contributed by atoms with Crippen LogP contribution in [0.3, 0.4) is 0 Å². The molecule has 1 aromatic rings. The Kier molecular flexibility index (Phi) is 5.21. The molecule has 7 heteroatoms. The highest BCUT2D eigenvalue weighted by molar-refractivity contribution is 5.93. The van der Waals surface area contributed by atoms with E-state index in [0.29, 0.717) is 50.8 Å². The van der Waals surface area contributed by atoms with Crippen LogP contribution < -0.4 is 0 Å². The molecular weight excluding hydrogens is 346 g/mol. The number of ether oxygens (including phenoxy) is 1. The third-order valence-corrected chi connectivity index (χ3v) is 6.48. The van der Waals surface area contributed by atoms with Gasteiger partial charge in [-0.1, -0.05) is 5.16 Å². The summed E-state index contributed by atoms with van der Waals surface area (Å²) in [7, 11) is 3.63. The van der Waals surface area contributed by atoms with E-state index in [1.165, 1.54) is 19.3 Å². The SMILES string of the molecule is CN(CCCN(C)C(=O)c1noc2c1COCC2)C(=O)CC1CCC2CC12. The van der Waals surface area contributed by atoms with Crippen LogP contribution in [0.15, 0.2) is 4.52 Å². The van der Waals surface area contributed by atoms with Crippen molar-refractivity contribution >= 4 is 11.8 Å². The molecule has 148 valence electrons. The van der Waals surface area contributed by atoms with E-state index in [1.807, 2.05) is 11.9 Å². The Labute approximate surface area is 160 Å². The molecule has 0 radical (unpaired) electrons. The van der Waals surface area contributed by atoms with Crippen LogP contribution in [0.4, 0.5) is 0 Å². The first kappa shape index (κ1) is 18.5. The van der Waals surface area contributed by atoms with Crippen molar-refractivity contribution in [2.24, 2.45) is 17.8 Å². The van der Waals surface area contributed by atoms with Crippen LogP contribution >= 0.6 is 0 Å². The van der Waals surface area contributed by atoms with Gasteiger partial charge in [-0.25, -0.2) is 0 Å². The van der Waals surface area contributed by atoms with Crippen LogP contribution in [0.5, 0.6) is 0 Å². The molecule has 1 aromatic heterocycles. The second-order valence-electron chi connectivity index (χ2n) is 8.33. The summed E-state index contributed by atoms with van der Waals surface area (Å²) in [5.74, 6) is 3.20. The molecule has 3 aliphatic rings. The van der Waals surface area contributed by atoms with Gasteiger partial charge < -0.3 is 19.1 Å². The van der Waals surface area contributed by atoms with E-state index in [-0.39, 0.29) is 11.8 Å². The average Bonchev–Trinajstić information content (AvgIpc) is 3.16. The zero-order valence-electron chi connectivity index (χ0n) is 16.3. The molecule has 2 heterocycles. The summed E-state index contributed by atoms with van der Waals surface area (Å²) in [5.41, 5.74) is 1.14. The van der Waals surface area contributed by atoms with Crippen molar-refractivity contribution in [1.29, 1.82) is 0 Å². The second kappa shape index (κ2) is 7.62. The van der Waals surface area contributed by atoms with Gasteiger partial charge in [-0.15, -0.1) is 0 Å². The maximum absolute atomic E-state index is 12.6. The molecule has 27 heavy (non-hydrogen) atoms. The van der Waals surface area contributed by atoms with Gasteiger partial charge in [0.25, 0.3) is 5.91 Å². The van der Waals surface area contributed by atoms with Gasteiger partial charge in [0.2, 0.25) is 5.91 Å². The largest absolute Gasteiger partial charge is 0.376 e. The first-order valence-electron chi connectivity index (χ1n) is 10.1. The smallest absolute Gasteiger partial charge is 0.276 e. The van der Waals surface area contributed by atoms with E-state index in [2.05, 4.69) is 5.16 Å². The van der Waals surface area contributed by atoms with Crippen molar-refractivity contribution in [2.75, 3.05) is 33.8 Å². The number of carbonyl (C=O) groups is 2. The Balaban J connectivity index is 1.21. The molecule has 0 bridgehead atoms. The van der Waals surface area contributed by atoms with E-state index in [0.717, 1.165) is 29.6 Å². The summed E-state index contributed by atoms with van der Waals surface area (Å²) in [4.78, 5) is 28.5. The third-order valence-electron chi connectivity index (χ3n) is 6.48. The maximum Gasteiger partial charge on any atom is 0.276 e. The minimum atomic E-state index is -0.148. The Morgan fingerprint density at radius 3 is 2.74 bits per heavy atom. The molecule has 2 aliphatic carbocycles. The Morgan fingerprint density at radius 2 is 2.00 bits per heavy atom. The van der Waals surface area contributed by atoms with Gasteiger partial charge in [-0.3, -0.25) is 9.59 Å². The van der Waals surface area contributed by atoms with Crippen LogP contribution in [0.1, 0.15) is 53.9 Å². The number of carbonyl (C=O) groups excluding carboxylic acids is 2. The highest BCUT2D eigenvalue weighted by atomic mass is 16.5. The van der Waals surface area contributed by atoms with Crippen molar-refractivity contribution < 1.29 is 18.8 Å². The molecule has 0 saturated heterocycles. The van der Waals surface area contributed by atoms with Crippen molar-refractivity contribution in [2.45, 2.75) is 45.1 Å². The lowest BCUT2D eigenvalue weighted by Gasteiger charge is -2.22. The summed E-state index contributed by atoms with van der Waals surface area (Å²) in [6, 6.07) is 0. The summed E-state index contributed by atoms with van der Waals surface area (Å²) < 4.78 is 10.7. The maximum atomic E-state index is 12.6. The lowest BCUT2D eigenvalue weighted by molar-refractivity contribution is -0.131. The van der Waals surface area contributed by atoms with Gasteiger partial charge in [0.15, 0.2) is 5.69 Å². The predicted molar refractivity (Wildman–Crippen MR) is 98.0 cm³/mol. The number of amides is 2. The topological polar surface area (TPSA) is 75.9 Å². The quantitative estimate of drug-likeness (QED) is 0.730. The fourth-order valence-electron chi connectivity index (χ4n) is 4.60. The molecular formula is C20H29N3O4. The third kappa shape index (κ3) is 3.88. The Morgan fingerprint density at radius 1 is 1.19 bits per heavy atom. The van der Waals surface area contributed by atoms with Gasteiger partial charge in [0.05, 0.1) is 18.8 Å². The lowest BCUT2D eigenvalue weighted by atomic mass is 9.99. The van der Waals surface area contributed by atoms with Crippen molar-refractivity contribution in [3.05, 3.63) is 17.0 Å². The number of hydrogen-bond acceptors (Lipinski definition) is 5. The van der Waals surface area contributed by atoms with Crippen molar-refractivity contribution in [3.63, 3.8) is 0 Å². The highest BCUT2D eigenvalue weighted by Gasteiger charge is 2.48. The summed E-state index contributed by atoms with van der Waals surface area (Å²) >= 11 is 0. The lowest BCUT2D eigenvalue weighted by Crippen LogP contribution is -2.34. The summed E-state index contributed by atoms with van der Waals surface area (Å²) in [5, 5.41) is 3.95. The number of fused-ring (bicyclic) bond motifs is 2. The minimum absolute atomic E-state index is 0.148. The van der Waals surface area contributed by atoms with Crippen LogP contribution in [-0.4, -0.2) is 60.6 Å². The summed E-state index contributed by atoms with van der Waals surface area (Å²) in [6.45, 7) is 2.23. The summed E-state index contributed by atoms with van der Waals surface area (Å²) in [6.07, 6.45) is 5.98. The van der Waals surface area contributed by atoms with Gasteiger partial charge >= 0.3 is 0 Å². The minimum Gasteiger partial charge on any atom is -0.376 e. The number of rotatable bonds is 7. The first-order valence-corrected chi connectivity index (χ1v) is 10.1. The predicted octanol–water partition coefficient (Wildman–Crippen LogP) is 2.10. The van der Waals surface area contributed by atoms with E-state index in [1.54, 1.807) is 11.9 Å². The number of hydrogen-bond donors (Lipinski definition) is 0. The molecule has 0 aromatic carbocycles. The standard InChI is InChI=1S/C20H29N3O4/c1-22(18(24)11-14-5-4-13-10-15(13)14)7-3-8-23(2)20(25)19-16-12-26-9-6-17(16)27-21-19/h13-15H,3-12H2,1-2H3.